The molecule has 4 heteroatoms. The zero-order chi connectivity index (χ0) is 14.7. The van der Waals surface area contributed by atoms with E-state index in [1.807, 2.05) is 24.3 Å². The topological polar surface area (TPSA) is 38.3 Å². The third-order valence-corrected chi connectivity index (χ3v) is 8.13. The Balaban J connectivity index is 2.71. The van der Waals surface area contributed by atoms with Crippen molar-refractivity contribution in [3.63, 3.8) is 0 Å². The van der Waals surface area contributed by atoms with Gasteiger partial charge in [0.1, 0.15) is 0 Å². The molecule has 0 spiro atoms. The average Bonchev–Trinajstić information content (AvgIpc) is 2.24. The van der Waals surface area contributed by atoms with Gasteiger partial charge in [0, 0.05) is 12.6 Å². The molecule has 0 saturated carbocycles. The standard InChI is InChI=1S/C15H25NO2Si/c1-12(17)16-14-9-7-8-13(10-14)11-18-19(5,6)15(2,3)4/h7-10H,11H2,1-6H3,(H,16,17). The summed E-state index contributed by atoms with van der Waals surface area (Å²) in [6.45, 7) is 13.3. The predicted molar refractivity (Wildman–Crippen MR) is 82.7 cm³/mol. The fourth-order valence-corrected chi connectivity index (χ4v) is 2.38. The Hall–Kier alpha value is -1.13. The Kier molecular flexibility index (Phi) is 4.93. The summed E-state index contributed by atoms with van der Waals surface area (Å²) in [6.07, 6.45) is 0. The largest absolute Gasteiger partial charge is 0.413 e. The number of hydrogen-bond donors (Lipinski definition) is 1. The van der Waals surface area contributed by atoms with Crippen molar-refractivity contribution < 1.29 is 9.22 Å². The Labute approximate surface area is 117 Å². The molecule has 0 saturated heterocycles. The van der Waals surface area contributed by atoms with Gasteiger partial charge in [0.25, 0.3) is 0 Å². The van der Waals surface area contributed by atoms with Crippen molar-refractivity contribution in [2.45, 2.75) is 52.4 Å². The van der Waals surface area contributed by atoms with Gasteiger partial charge in [-0.3, -0.25) is 4.79 Å². The summed E-state index contributed by atoms with van der Waals surface area (Å²) in [6, 6.07) is 7.82. The molecule has 0 heterocycles. The van der Waals surface area contributed by atoms with Gasteiger partial charge in [-0.15, -0.1) is 0 Å². The van der Waals surface area contributed by atoms with Crippen LogP contribution in [0.2, 0.25) is 18.1 Å². The van der Waals surface area contributed by atoms with Crippen LogP contribution in [0.4, 0.5) is 5.69 Å². The number of anilines is 1. The Morgan fingerprint density at radius 1 is 1.32 bits per heavy atom. The monoisotopic (exact) mass is 279 g/mol. The molecule has 1 aromatic rings. The van der Waals surface area contributed by atoms with Crippen LogP contribution in [0.15, 0.2) is 24.3 Å². The van der Waals surface area contributed by atoms with E-state index in [1.165, 1.54) is 6.92 Å². The van der Waals surface area contributed by atoms with E-state index in [4.69, 9.17) is 4.43 Å². The molecular formula is C15H25NO2Si. The van der Waals surface area contributed by atoms with Crippen LogP contribution >= 0.6 is 0 Å². The van der Waals surface area contributed by atoms with Crippen LogP contribution in [0, 0.1) is 0 Å². The van der Waals surface area contributed by atoms with Gasteiger partial charge in [-0.25, -0.2) is 0 Å². The second-order valence-corrected chi connectivity index (χ2v) is 11.2. The van der Waals surface area contributed by atoms with Crippen molar-refractivity contribution in [1.29, 1.82) is 0 Å². The van der Waals surface area contributed by atoms with Gasteiger partial charge in [-0.2, -0.15) is 0 Å². The summed E-state index contributed by atoms with van der Waals surface area (Å²) in [5.74, 6) is -0.0533. The molecule has 0 unspecified atom stereocenters. The molecule has 0 aliphatic carbocycles. The van der Waals surface area contributed by atoms with Crippen LogP contribution in [0.5, 0.6) is 0 Å². The summed E-state index contributed by atoms with van der Waals surface area (Å²) in [7, 11) is -1.72. The van der Waals surface area contributed by atoms with Gasteiger partial charge < -0.3 is 9.74 Å². The molecule has 1 N–H and O–H groups in total. The number of carbonyl (C=O) groups is 1. The van der Waals surface area contributed by atoms with Gasteiger partial charge in [0.15, 0.2) is 8.32 Å². The smallest absolute Gasteiger partial charge is 0.221 e. The first kappa shape index (κ1) is 15.9. The van der Waals surface area contributed by atoms with Gasteiger partial charge in [0.2, 0.25) is 5.91 Å². The Morgan fingerprint density at radius 2 is 1.95 bits per heavy atom. The number of hydrogen-bond acceptors (Lipinski definition) is 2. The summed E-state index contributed by atoms with van der Waals surface area (Å²) >= 11 is 0. The van der Waals surface area contributed by atoms with Crippen LogP contribution in [0.25, 0.3) is 0 Å². The lowest BCUT2D eigenvalue weighted by Gasteiger charge is -2.36. The van der Waals surface area contributed by atoms with Crippen LogP contribution in [-0.4, -0.2) is 14.2 Å². The predicted octanol–water partition coefficient (Wildman–Crippen LogP) is 4.17. The maximum Gasteiger partial charge on any atom is 0.221 e. The maximum absolute atomic E-state index is 11.0. The highest BCUT2D eigenvalue weighted by Gasteiger charge is 2.36. The molecule has 1 amide bonds. The molecular weight excluding hydrogens is 254 g/mol. The van der Waals surface area contributed by atoms with Crippen molar-refractivity contribution in [3.8, 4) is 0 Å². The van der Waals surface area contributed by atoms with Gasteiger partial charge in [0.05, 0.1) is 6.61 Å². The molecule has 0 aliphatic heterocycles. The number of benzene rings is 1. The molecule has 19 heavy (non-hydrogen) atoms. The molecule has 106 valence electrons. The van der Waals surface area contributed by atoms with E-state index in [1.54, 1.807) is 0 Å². The van der Waals surface area contributed by atoms with E-state index >= 15 is 0 Å². The minimum Gasteiger partial charge on any atom is -0.413 e. The lowest BCUT2D eigenvalue weighted by atomic mass is 10.2. The van der Waals surface area contributed by atoms with Crippen LogP contribution in [0.1, 0.15) is 33.3 Å². The Bertz CT molecular complexity index is 450. The van der Waals surface area contributed by atoms with Gasteiger partial charge in [-0.1, -0.05) is 32.9 Å². The average molecular weight is 279 g/mol. The minimum absolute atomic E-state index is 0.0533. The molecule has 3 nitrogen and oxygen atoms in total. The first-order valence-corrected chi connectivity index (χ1v) is 9.53. The van der Waals surface area contributed by atoms with Crippen molar-refractivity contribution in [2.75, 3.05) is 5.32 Å². The van der Waals surface area contributed by atoms with Crippen LogP contribution in [0.3, 0.4) is 0 Å². The highest BCUT2D eigenvalue weighted by atomic mass is 28.4. The number of nitrogens with one attached hydrogen (secondary N) is 1. The third kappa shape index (κ3) is 4.80. The molecule has 1 rings (SSSR count). The normalized spacial score (nSPS) is 12.3. The summed E-state index contributed by atoms with van der Waals surface area (Å²) in [5, 5.41) is 3.00. The highest BCUT2D eigenvalue weighted by Crippen LogP contribution is 2.37. The summed E-state index contributed by atoms with van der Waals surface area (Å²) in [4.78, 5) is 11.0. The molecule has 0 bridgehead atoms. The van der Waals surface area contributed by atoms with E-state index in [9.17, 15) is 4.79 Å². The zero-order valence-corrected chi connectivity index (χ0v) is 13.8. The SMILES string of the molecule is CC(=O)Nc1cccc(CO[Si](C)(C)C(C)(C)C)c1. The van der Waals surface area contributed by atoms with Crippen LogP contribution in [-0.2, 0) is 15.8 Å². The van der Waals surface area contributed by atoms with E-state index < -0.39 is 8.32 Å². The fourth-order valence-electron chi connectivity index (χ4n) is 1.42. The quantitative estimate of drug-likeness (QED) is 0.840. The van der Waals surface area contributed by atoms with Crippen molar-refractivity contribution in [1.82, 2.24) is 0 Å². The maximum atomic E-state index is 11.0. The lowest BCUT2D eigenvalue weighted by Crippen LogP contribution is -2.40. The van der Waals surface area contributed by atoms with E-state index in [-0.39, 0.29) is 10.9 Å². The minimum atomic E-state index is -1.72. The van der Waals surface area contributed by atoms with Crippen LogP contribution < -0.4 is 5.32 Å². The van der Waals surface area contributed by atoms with E-state index in [0.717, 1.165) is 11.3 Å². The fraction of sp³-hybridized carbons (Fsp3) is 0.533. The zero-order valence-electron chi connectivity index (χ0n) is 12.8. The molecule has 0 radical (unpaired) electrons. The number of carbonyl (C=O) groups excluding carboxylic acids is 1. The second kappa shape index (κ2) is 5.88. The summed E-state index contributed by atoms with van der Waals surface area (Å²) < 4.78 is 6.17. The second-order valence-electron chi connectivity index (χ2n) is 6.43. The van der Waals surface area contributed by atoms with E-state index in [0.29, 0.717) is 6.61 Å². The number of amides is 1. The summed E-state index contributed by atoms with van der Waals surface area (Å²) in [5.41, 5.74) is 1.92. The first-order valence-electron chi connectivity index (χ1n) is 6.62. The van der Waals surface area contributed by atoms with Crippen molar-refractivity contribution in [3.05, 3.63) is 29.8 Å². The Morgan fingerprint density at radius 3 is 2.47 bits per heavy atom. The number of rotatable bonds is 4. The first-order chi connectivity index (χ1) is 8.62. The molecule has 0 fully saturated rings. The van der Waals surface area contributed by atoms with Crippen molar-refractivity contribution >= 4 is 19.9 Å². The van der Waals surface area contributed by atoms with Gasteiger partial charge in [-0.05, 0) is 35.8 Å². The third-order valence-electron chi connectivity index (χ3n) is 3.65. The molecule has 0 atom stereocenters. The van der Waals surface area contributed by atoms with Gasteiger partial charge >= 0.3 is 0 Å². The molecule has 0 aliphatic rings. The lowest BCUT2D eigenvalue weighted by molar-refractivity contribution is -0.114. The highest BCUT2D eigenvalue weighted by molar-refractivity contribution is 6.74. The van der Waals surface area contributed by atoms with E-state index in [2.05, 4.69) is 39.2 Å². The van der Waals surface area contributed by atoms with Crippen molar-refractivity contribution in [2.24, 2.45) is 0 Å². The molecule has 1 aromatic carbocycles. The molecule has 0 aromatic heterocycles.